The number of carbonyl (C=O) groups excluding carboxylic acids is 2. The lowest BCUT2D eigenvalue weighted by molar-refractivity contribution is -0.139. The maximum atomic E-state index is 13.0. The zero-order valence-corrected chi connectivity index (χ0v) is 22.6. The average Bonchev–Trinajstić information content (AvgIpc) is 3.31. The van der Waals surface area contributed by atoms with Gasteiger partial charge in [-0.3, -0.25) is 9.52 Å². The Labute approximate surface area is 234 Å². The number of rotatable bonds is 9. The minimum Gasteiger partial charge on any atom is -0.480 e. The summed E-state index contributed by atoms with van der Waals surface area (Å²) >= 11 is 12.5. The largest absolute Gasteiger partial charge is 0.480 e. The third-order valence-corrected chi connectivity index (χ3v) is 8.21. The third kappa shape index (κ3) is 6.62. The van der Waals surface area contributed by atoms with Crippen LogP contribution in [0, 0.1) is 0 Å². The number of nitrogens with one attached hydrogen (secondary N) is 4. The number of fused-ring (bicyclic) bond motifs is 1. The molecule has 1 aliphatic carbocycles. The lowest BCUT2D eigenvalue weighted by Gasteiger charge is -2.19. The van der Waals surface area contributed by atoms with E-state index >= 15 is 0 Å². The highest BCUT2D eigenvalue weighted by atomic mass is 35.5. The Morgan fingerprint density at radius 1 is 0.974 bits per heavy atom. The average molecular weight is 591 g/mol. The standard InChI is InChI=1S/C26H24Cl2N4O6S/c27-18-11-13-20(32-39(37,38)16-7-2-1-3-8-16)23(28)22(18)24(33)30-21(25(34)35)14-29-26(36)31-19-12-10-15-6-4-5-9-17(15)19/h1-9,11,13,19,21,32H,10,12,14H2,(H,30,33)(H,34,35)(H2,29,31,36)/t19-,21?/m1/s1. The molecule has 2 atom stereocenters. The molecule has 0 saturated heterocycles. The molecular formula is C26H24Cl2N4O6S. The lowest BCUT2D eigenvalue weighted by Crippen LogP contribution is -2.50. The molecule has 0 spiro atoms. The highest BCUT2D eigenvalue weighted by Crippen LogP contribution is 2.33. The Morgan fingerprint density at radius 2 is 1.67 bits per heavy atom. The third-order valence-electron chi connectivity index (χ3n) is 6.12. The molecule has 10 nitrogen and oxygen atoms in total. The quantitative estimate of drug-likeness (QED) is 0.254. The number of halogens is 2. The van der Waals surface area contributed by atoms with Crippen molar-refractivity contribution in [3.05, 3.63) is 93.5 Å². The monoisotopic (exact) mass is 590 g/mol. The highest BCUT2D eigenvalue weighted by molar-refractivity contribution is 7.92. The van der Waals surface area contributed by atoms with E-state index in [0.717, 1.165) is 17.5 Å². The number of anilines is 1. The fourth-order valence-electron chi connectivity index (χ4n) is 4.18. The fraction of sp³-hybridized carbons (Fsp3) is 0.192. The van der Waals surface area contributed by atoms with Gasteiger partial charge in [0, 0.05) is 0 Å². The summed E-state index contributed by atoms with van der Waals surface area (Å²) in [6.07, 6.45) is 1.53. The van der Waals surface area contributed by atoms with Crippen molar-refractivity contribution in [1.29, 1.82) is 0 Å². The molecule has 4 rings (SSSR count). The molecular weight excluding hydrogens is 567 g/mol. The molecule has 5 N–H and O–H groups in total. The number of carboxylic acids is 1. The van der Waals surface area contributed by atoms with Crippen molar-refractivity contribution in [3.63, 3.8) is 0 Å². The van der Waals surface area contributed by atoms with E-state index in [1.54, 1.807) is 18.2 Å². The van der Waals surface area contributed by atoms with Gasteiger partial charge in [-0.1, -0.05) is 65.7 Å². The van der Waals surface area contributed by atoms with Crippen molar-refractivity contribution < 1.29 is 27.9 Å². The van der Waals surface area contributed by atoms with Gasteiger partial charge >= 0.3 is 12.0 Å². The number of amides is 3. The van der Waals surface area contributed by atoms with Crippen molar-refractivity contribution in [2.75, 3.05) is 11.3 Å². The van der Waals surface area contributed by atoms with E-state index in [1.165, 1.54) is 24.3 Å². The molecule has 13 heteroatoms. The van der Waals surface area contributed by atoms with Crippen LogP contribution in [0.2, 0.25) is 10.0 Å². The van der Waals surface area contributed by atoms with Gasteiger partial charge in [0.15, 0.2) is 0 Å². The fourth-order valence-corrected chi connectivity index (χ4v) is 5.92. The number of sulfonamides is 1. The van der Waals surface area contributed by atoms with Gasteiger partial charge in [0.1, 0.15) is 6.04 Å². The Morgan fingerprint density at radius 3 is 2.38 bits per heavy atom. The summed E-state index contributed by atoms with van der Waals surface area (Å²) in [7, 11) is -4.03. The zero-order chi connectivity index (χ0) is 28.2. The summed E-state index contributed by atoms with van der Waals surface area (Å²) in [4.78, 5) is 37.3. The Hall–Kier alpha value is -3.80. The van der Waals surface area contributed by atoms with Crippen LogP contribution in [0.25, 0.3) is 0 Å². The van der Waals surface area contributed by atoms with E-state index in [2.05, 4.69) is 20.7 Å². The van der Waals surface area contributed by atoms with Crippen LogP contribution in [0.4, 0.5) is 10.5 Å². The number of aliphatic carboxylic acids is 1. The molecule has 0 heterocycles. The van der Waals surface area contributed by atoms with E-state index in [-0.39, 0.29) is 32.2 Å². The number of carbonyl (C=O) groups is 3. The van der Waals surface area contributed by atoms with E-state index < -0.39 is 40.5 Å². The van der Waals surface area contributed by atoms with Crippen molar-refractivity contribution in [3.8, 4) is 0 Å². The van der Waals surface area contributed by atoms with Crippen molar-refractivity contribution in [1.82, 2.24) is 16.0 Å². The van der Waals surface area contributed by atoms with Crippen LogP contribution < -0.4 is 20.7 Å². The van der Waals surface area contributed by atoms with Crippen LogP contribution in [0.5, 0.6) is 0 Å². The maximum absolute atomic E-state index is 13.0. The van der Waals surface area contributed by atoms with Gasteiger partial charge in [-0.25, -0.2) is 18.0 Å². The number of urea groups is 1. The Balaban J connectivity index is 1.43. The predicted molar refractivity (Wildman–Crippen MR) is 147 cm³/mol. The van der Waals surface area contributed by atoms with Crippen molar-refractivity contribution in [2.45, 2.75) is 29.8 Å². The van der Waals surface area contributed by atoms with Gasteiger partial charge in [0.2, 0.25) is 0 Å². The first kappa shape index (κ1) is 28.2. The minimum absolute atomic E-state index is 0.0293. The first-order chi connectivity index (χ1) is 18.6. The number of hydrogen-bond donors (Lipinski definition) is 5. The second-order valence-corrected chi connectivity index (χ2v) is 11.2. The summed E-state index contributed by atoms with van der Waals surface area (Å²) in [5.74, 6) is -2.38. The Kier molecular flexibility index (Phi) is 8.63. The van der Waals surface area contributed by atoms with E-state index in [4.69, 9.17) is 23.2 Å². The topological polar surface area (TPSA) is 154 Å². The van der Waals surface area contributed by atoms with E-state index in [9.17, 15) is 27.9 Å². The SMILES string of the molecule is O=C(NCC(NC(=O)c1c(Cl)ccc(NS(=O)(=O)c2ccccc2)c1Cl)C(=O)O)N[C@@H]1CCc2ccccc21. The number of aryl methyl sites for hydroxylation is 1. The normalized spacial score (nSPS) is 15.1. The molecule has 0 bridgehead atoms. The summed E-state index contributed by atoms with van der Waals surface area (Å²) < 4.78 is 27.7. The van der Waals surface area contributed by atoms with Crippen molar-refractivity contribution in [2.24, 2.45) is 0 Å². The predicted octanol–water partition coefficient (Wildman–Crippen LogP) is 3.96. The second kappa shape index (κ2) is 11.9. The van der Waals surface area contributed by atoms with Crippen LogP contribution in [0.1, 0.15) is 33.9 Å². The Bertz CT molecular complexity index is 1520. The first-order valence-electron chi connectivity index (χ1n) is 11.8. The van der Waals surface area contributed by atoms with E-state index in [0.29, 0.717) is 6.42 Å². The van der Waals surface area contributed by atoms with Crippen molar-refractivity contribution >= 4 is 56.8 Å². The van der Waals surface area contributed by atoms with Crippen LogP contribution in [-0.4, -0.2) is 44.0 Å². The summed E-state index contributed by atoms with van der Waals surface area (Å²) in [6, 6.07) is 15.4. The lowest BCUT2D eigenvalue weighted by atomic mass is 10.1. The molecule has 39 heavy (non-hydrogen) atoms. The highest BCUT2D eigenvalue weighted by Gasteiger charge is 2.28. The number of benzene rings is 3. The molecule has 3 aromatic carbocycles. The molecule has 0 radical (unpaired) electrons. The van der Waals surface area contributed by atoms with Crippen LogP contribution in [-0.2, 0) is 21.2 Å². The second-order valence-electron chi connectivity index (χ2n) is 8.71. The molecule has 0 saturated carbocycles. The van der Waals surface area contributed by atoms with E-state index in [1.807, 2.05) is 24.3 Å². The summed E-state index contributed by atoms with van der Waals surface area (Å²) in [5, 5.41) is 16.7. The zero-order valence-electron chi connectivity index (χ0n) is 20.3. The molecule has 3 amide bonds. The number of carboxylic acid groups (broad SMARTS) is 1. The molecule has 0 aliphatic heterocycles. The molecule has 1 unspecified atom stereocenters. The van der Waals surface area contributed by atoms with Gasteiger partial charge in [-0.15, -0.1) is 0 Å². The minimum atomic E-state index is -4.03. The summed E-state index contributed by atoms with van der Waals surface area (Å²) in [5.41, 5.74) is 1.68. The van der Waals surface area contributed by atoms with Gasteiger partial charge in [-0.2, -0.15) is 0 Å². The van der Waals surface area contributed by atoms with Crippen LogP contribution in [0.3, 0.4) is 0 Å². The molecule has 3 aromatic rings. The van der Waals surface area contributed by atoms with Crippen LogP contribution in [0.15, 0.2) is 71.6 Å². The summed E-state index contributed by atoms with van der Waals surface area (Å²) in [6.45, 7) is -0.434. The molecule has 0 fully saturated rings. The molecule has 1 aliphatic rings. The first-order valence-corrected chi connectivity index (χ1v) is 14.0. The molecule has 0 aromatic heterocycles. The van der Waals surface area contributed by atoms with Gasteiger partial charge in [0.25, 0.3) is 15.9 Å². The van der Waals surface area contributed by atoms with Crippen LogP contribution >= 0.6 is 23.2 Å². The van der Waals surface area contributed by atoms with Gasteiger partial charge < -0.3 is 21.1 Å². The maximum Gasteiger partial charge on any atom is 0.328 e. The van der Waals surface area contributed by atoms with Gasteiger partial charge in [0.05, 0.1) is 38.8 Å². The number of hydrogen-bond acceptors (Lipinski definition) is 5. The van der Waals surface area contributed by atoms with Gasteiger partial charge in [-0.05, 0) is 48.2 Å². The molecule has 204 valence electrons. The smallest absolute Gasteiger partial charge is 0.328 e.